The summed E-state index contributed by atoms with van der Waals surface area (Å²) in [6.45, 7) is 1.73. The summed E-state index contributed by atoms with van der Waals surface area (Å²) in [7, 11) is 1.59. The molecule has 4 rings (SSSR count). The summed E-state index contributed by atoms with van der Waals surface area (Å²) in [6.07, 6.45) is 1.91. The first-order chi connectivity index (χ1) is 16.7. The Morgan fingerprint density at radius 3 is 2.43 bits per heavy atom. The van der Waals surface area contributed by atoms with Crippen LogP contribution in [-0.2, 0) is 11.0 Å². The third-order valence-corrected chi connectivity index (χ3v) is 7.98. The molecular weight excluding hydrogens is 459 g/mol. The predicted molar refractivity (Wildman–Crippen MR) is 125 cm³/mol. The second kappa shape index (κ2) is 9.96. The van der Waals surface area contributed by atoms with Crippen LogP contribution in [0.15, 0.2) is 18.2 Å². The van der Waals surface area contributed by atoms with Crippen LogP contribution in [0.2, 0.25) is 0 Å². The minimum atomic E-state index is -4.61. The minimum Gasteiger partial charge on any atom is -0.371 e. The van der Waals surface area contributed by atoms with Crippen LogP contribution >= 0.6 is 0 Å². The van der Waals surface area contributed by atoms with Crippen molar-refractivity contribution in [3.63, 3.8) is 0 Å². The molecule has 1 spiro atoms. The molecule has 1 atom stereocenters. The number of hydrogen-bond donors (Lipinski definition) is 2. The molecule has 10 heteroatoms. The standard InChI is InChI=1S/C25H32F3N5O2/c1-30-22(34)21-15-33(23(35)31-18-5-3-2-4-6-18)16-24(21)9-11-32(12-10-24)19-8-7-17(14-29)20(13-19)25(26,27)28/h7-8,13,18,21H,2-6,9-12,15-16H2,1H3,(H,30,34)(H,31,35). The van der Waals surface area contributed by atoms with Crippen LogP contribution in [0.3, 0.4) is 0 Å². The number of hydrogen-bond acceptors (Lipinski definition) is 4. The molecule has 1 aromatic rings. The first-order valence-corrected chi connectivity index (χ1v) is 12.3. The second-order valence-corrected chi connectivity index (χ2v) is 10.0. The fourth-order valence-corrected chi connectivity index (χ4v) is 5.95. The van der Waals surface area contributed by atoms with Crippen LogP contribution in [0.25, 0.3) is 0 Å². The zero-order valence-corrected chi connectivity index (χ0v) is 20.0. The molecule has 3 fully saturated rings. The number of nitriles is 1. The third kappa shape index (κ3) is 5.19. The lowest BCUT2D eigenvalue weighted by Crippen LogP contribution is -2.48. The van der Waals surface area contributed by atoms with Gasteiger partial charge in [-0.3, -0.25) is 4.79 Å². The van der Waals surface area contributed by atoms with Crippen molar-refractivity contribution < 1.29 is 22.8 Å². The normalized spacial score (nSPS) is 22.7. The van der Waals surface area contributed by atoms with Crippen molar-refractivity contribution in [1.82, 2.24) is 15.5 Å². The van der Waals surface area contributed by atoms with E-state index in [9.17, 15) is 22.8 Å². The lowest BCUT2D eigenvalue weighted by atomic mass is 9.70. The number of benzene rings is 1. The van der Waals surface area contributed by atoms with Crippen molar-refractivity contribution in [1.29, 1.82) is 5.26 Å². The molecule has 1 saturated carbocycles. The van der Waals surface area contributed by atoms with Crippen molar-refractivity contribution in [2.24, 2.45) is 11.3 Å². The van der Waals surface area contributed by atoms with Gasteiger partial charge in [0.25, 0.3) is 0 Å². The van der Waals surface area contributed by atoms with Crippen molar-refractivity contribution in [2.75, 3.05) is 38.1 Å². The molecule has 190 valence electrons. The van der Waals surface area contributed by atoms with Crippen molar-refractivity contribution in [3.05, 3.63) is 29.3 Å². The van der Waals surface area contributed by atoms with Gasteiger partial charge in [-0.05, 0) is 43.9 Å². The number of carbonyl (C=O) groups excluding carboxylic acids is 2. The van der Waals surface area contributed by atoms with Crippen LogP contribution in [0, 0.1) is 22.7 Å². The number of anilines is 1. The number of amides is 3. The van der Waals surface area contributed by atoms with Crippen LogP contribution in [0.4, 0.5) is 23.7 Å². The fourth-order valence-electron chi connectivity index (χ4n) is 5.95. The van der Waals surface area contributed by atoms with Gasteiger partial charge in [-0.15, -0.1) is 0 Å². The lowest BCUT2D eigenvalue weighted by Gasteiger charge is -2.43. The van der Waals surface area contributed by atoms with Gasteiger partial charge in [0.15, 0.2) is 0 Å². The Kier molecular flexibility index (Phi) is 7.15. The van der Waals surface area contributed by atoms with Gasteiger partial charge in [-0.2, -0.15) is 18.4 Å². The molecule has 1 aliphatic carbocycles. The predicted octanol–water partition coefficient (Wildman–Crippen LogP) is 3.88. The smallest absolute Gasteiger partial charge is 0.371 e. The molecule has 7 nitrogen and oxygen atoms in total. The molecule has 3 aliphatic rings. The maximum atomic E-state index is 13.4. The van der Waals surface area contributed by atoms with Crippen molar-refractivity contribution >= 4 is 17.6 Å². The number of nitrogens with zero attached hydrogens (tertiary/aromatic N) is 3. The zero-order valence-electron chi connectivity index (χ0n) is 20.0. The van der Waals surface area contributed by atoms with E-state index in [-0.39, 0.29) is 23.9 Å². The molecule has 0 aromatic heterocycles. The summed E-state index contributed by atoms with van der Waals surface area (Å²) < 4.78 is 40.3. The van der Waals surface area contributed by atoms with E-state index >= 15 is 0 Å². The van der Waals surface area contributed by atoms with E-state index < -0.39 is 22.7 Å². The van der Waals surface area contributed by atoms with Crippen LogP contribution < -0.4 is 15.5 Å². The average Bonchev–Trinajstić information content (AvgIpc) is 3.22. The Balaban J connectivity index is 1.48. The summed E-state index contributed by atoms with van der Waals surface area (Å²) in [4.78, 5) is 29.4. The van der Waals surface area contributed by atoms with Crippen LogP contribution in [0.5, 0.6) is 0 Å². The Hall–Kier alpha value is -2.96. The van der Waals surface area contributed by atoms with Crippen LogP contribution in [-0.4, -0.2) is 56.1 Å². The number of carbonyl (C=O) groups is 2. The number of piperidine rings is 1. The molecular formula is C25H32F3N5O2. The summed E-state index contributed by atoms with van der Waals surface area (Å²) >= 11 is 0. The number of nitrogens with one attached hydrogen (secondary N) is 2. The molecule has 1 unspecified atom stereocenters. The van der Waals surface area contributed by atoms with Gasteiger partial charge in [0.1, 0.15) is 0 Å². The monoisotopic (exact) mass is 491 g/mol. The average molecular weight is 492 g/mol. The number of rotatable bonds is 3. The molecule has 0 bridgehead atoms. The highest BCUT2D eigenvalue weighted by atomic mass is 19.4. The first-order valence-electron chi connectivity index (χ1n) is 12.3. The molecule has 1 aromatic carbocycles. The van der Waals surface area contributed by atoms with E-state index in [2.05, 4.69) is 10.6 Å². The Morgan fingerprint density at radius 2 is 1.83 bits per heavy atom. The topological polar surface area (TPSA) is 88.5 Å². The van der Waals surface area contributed by atoms with E-state index in [1.54, 1.807) is 24.1 Å². The molecule has 2 saturated heterocycles. The highest BCUT2D eigenvalue weighted by Gasteiger charge is 2.52. The van der Waals surface area contributed by atoms with E-state index in [4.69, 9.17) is 5.26 Å². The molecule has 2 heterocycles. The molecule has 2 N–H and O–H groups in total. The number of halogens is 3. The quantitative estimate of drug-likeness (QED) is 0.672. The highest BCUT2D eigenvalue weighted by molar-refractivity contribution is 5.82. The highest BCUT2D eigenvalue weighted by Crippen LogP contribution is 2.46. The zero-order chi connectivity index (χ0) is 25.2. The fraction of sp³-hybridized carbons (Fsp3) is 0.640. The Bertz CT molecular complexity index is 992. The number of likely N-dealkylation sites (tertiary alicyclic amines) is 1. The van der Waals surface area contributed by atoms with Gasteiger partial charge in [-0.25, -0.2) is 4.79 Å². The van der Waals surface area contributed by atoms with Gasteiger partial charge in [0.05, 0.1) is 23.1 Å². The summed E-state index contributed by atoms with van der Waals surface area (Å²) in [5.74, 6) is -0.470. The molecule has 35 heavy (non-hydrogen) atoms. The summed E-state index contributed by atoms with van der Waals surface area (Å²) in [5, 5.41) is 14.9. The SMILES string of the molecule is CNC(=O)C1CN(C(=O)NC2CCCCC2)CC12CCN(c1ccc(C#N)c(C(F)(F)F)c1)CC2. The van der Waals surface area contributed by atoms with Crippen molar-refractivity contribution in [2.45, 2.75) is 57.2 Å². The maximum Gasteiger partial charge on any atom is 0.417 e. The van der Waals surface area contributed by atoms with Gasteiger partial charge < -0.3 is 20.4 Å². The second-order valence-electron chi connectivity index (χ2n) is 10.0. The third-order valence-electron chi connectivity index (χ3n) is 7.98. The maximum absolute atomic E-state index is 13.4. The van der Waals surface area contributed by atoms with Gasteiger partial charge >= 0.3 is 12.2 Å². The van der Waals surface area contributed by atoms with E-state index in [0.29, 0.717) is 44.7 Å². The van der Waals surface area contributed by atoms with Gasteiger partial charge in [0.2, 0.25) is 5.91 Å². The van der Waals surface area contributed by atoms with Crippen molar-refractivity contribution in [3.8, 4) is 6.07 Å². The number of urea groups is 1. The van der Waals surface area contributed by atoms with E-state index in [1.165, 1.54) is 12.5 Å². The Morgan fingerprint density at radius 1 is 1.14 bits per heavy atom. The Labute approximate surface area is 203 Å². The molecule has 3 amide bonds. The first kappa shape index (κ1) is 25.1. The molecule has 2 aliphatic heterocycles. The number of alkyl halides is 3. The lowest BCUT2D eigenvalue weighted by molar-refractivity contribution is -0.137. The van der Waals surface area contributed by atoms with Crippen LogP contribution in [0.1, 0.15) is 56.1 Å². The van der Waals surface area contributed by atoms with E-state index in [0.717, 1.165) is 31.7 Å². The largest absolute Gasteiger partial charge is 0.417 e. The minimum absolute atomic E-state index is 0.107. The van der Waals surface area contributed by atoms with E-state index in [1.807, 2.05) is 4.90 Å². The molecule has 0 radical (unpaired) electrons. The van der Waals surface area contributed by atoms with Gasteiger partial charge in [-0.1, -0.05) is 19.3 Å². The summed E-state index contributed by atoms with van der Waals surface area (Å²) in [6, 6.07) is 5.44. The van der Waals surface area contributed by atoms with Gasteiger partial charge in [0, 0.05) is 50.4 Å². The summed E-state index contributed by atoms with van der Waals surface area (Å²) in [5.41, 5.74) is -1.34.